The molecular formula is C25H32N2O3S. The van der Waals surface area contributed by atoms with Gasteiger partial charge in [0.15, 0.2) is 0 Å². The van der Waals surface area contributed by atoms with E-state index in [2.05, 4.69) is 30.0 Å². The van der Waals surface area contributed by atoms with Gasteiger partial charge < -0.3 is 14.4 Å². The molecule has 166 valence electrons. The summed E-state index contributed by atoms with van der Waals surface area (Å²) in [7, 11) is 1.70. The van der Waals surface area contributed by atoms with E-state index < -0.39 is 0 Å². The minimum atomic E-state index is 0.143. The van der Waals surface area contributed by atoms with Gasteiger partial charge >= 0.3 is 0 Å². The minimum Gasteiger partial charge on any atom is -0.497 e. The quantitative estimate of drug-likeness (QED) is 0.594. The molecule has 0 radical (unpaired) electrons. The van der Waals surface area contributed by atoms with Gasteiger partial charge in [0.05, 0.1) is 18.8 Å². The van der Waals surface area contributed by atoms with E-state index in [0.717, 1.165) is 67.6 Å². The smallest absolute Gasteiger partial charge is 0.255 e. The molecule has 0 aromatic heterocycles. The molecule has 1 amide bonds. The standard InChI is InChI=1S/C25H32N2O3S/c1-19(20-7-5-8-21(17-20)29-2)26-12-14-27(15-13-26)25(28)23-10-3-4-11-24(23)31-18-22-9-6-16-30-22/h3-5,7-8,10-11,17,19,22H,6,9,12-16,18H2,1-2H3. The molecule has 2 aromatic carbocycles. The second-order valence-electron chi connectivity index (χ2n) is 8.22. The molecule has 0 saturated carbocycles. The van der Waals surface area contributed by atoms with E-state index in [1.54, 1.807) is 18.9 Å². The summed E-state index contributed by atoms with van der Waals surface area (Å²) >= 11 is 1.75. The lowest BCUT2D eigenvalue weighted by atomic mass is 10.1. The summed E-state index contributed by atoms with van der Waals surface area (Å²) in [5.41, 5.74) is 2.06. The predicted molar refractivity (Wildman–Crippen MR) is 125 cm³/mol. The van der Waals surface area contributed by atoms with E-state index in [1.807, 2.05) is 35.2 Å². The number of hydrogen-bond acceptors (Lipinski definition) is 5. The Bertz CT molecular complexity index is 877. The van der Waals surface area contributed by atoms with Crippen molar-refractivity contribution in [3.63, 3.8) is 0 Å². The average Bonchev–Trinajstić information content (AvgIpc) is 3.36. The van der Waals surface area contributed by atoms with Crippen LogP contribution in [0.1, 0.15) is 41.7 Å². The number of hydrogen-bond donors (Lipinski definition) is 0. The Morgan fingerprint density at radius 1 is 1.16 bits per heavy atom. The van der Waals surface area contributed by atoms with Crippen molar-refractivity contribution in [3.8, 4) is 5.75 Å². The van der Waals surface area contributed by atoms with Crippen LogP contribution < -0.4 is 4.74 Å². The fourth-order valence-corrected chi connectivity index (χ4v) is 5.44. The Hall–Kier alpha value is -2.02. The number of methoxy groups -OCH3 is 1. The van der Waals surface area contributed by atoms with Crippen molar-refractivity contribution in [1.29, 1.82) is 0 Å². The van der Waals surface area contributed by atoms with Gasteiger partial charge in [-0.25, -0.2) is 0 Å². The number of benzene rings is 2. The molecule has 2 aliphatic rings. The van der Waals surface area contributed by atoms with Crippen molar-refractivity contribution in [2.24, 2.45) is 0 Å². The van der Waals surface area contributed by atoms with Crippen molar-refractivity contribution >= 4 is 17.7 Å². The lowest BCUT2D eigenvalue weighted by molar-refractivity contribution is 0.0578. The van der Waals surface area contributed by atoms with Gasteiger partial charge in [-0.3, -0.25) is 9.69 Å². The summed E-state index contributed by atoms with van der Waals surface area (Å²) < 4.78 is 11.1. The first-order valence-electron chi connectivity index (χ1n) is 11.2. The lowest BCUT2D eigenvalue weighted by Gasteiger charge is -2.38. The first-order chi connectivity index (χ1) is 15.2. The maximum atomic E-state index is 13.3. The second-order valence-corrected chi connectivity index (χ2v) is 9.28. The number of carbonyl (C=O) groups is 1. The number of thioether (sulfide) groups is 1. The molecule has 0 bridgehead atoms. The molecule has 0 aliphatic carbocycles. The number of amides is 1. The molecule has 31 heavy (non-hydrogen) atoms. The fraction of sp³-hybridized carbons (Fsp3) is 0.480. The summed E-state index contributed by atoms with van der Waals surface area (Å²) in [5.74, 6) is 1.94. The van der Waals surface area contributed by atoms with Crippen LogP contribution in [0.5, 0.6) is 5.75 Å². The van der Waals surface area contributed by atoms with Crippen molar-refractivity contribution in [1.82, 2.24) is 9.80 Å². The molecule has 2 aromatic rings. The van der Waals surface area contributed by atoms with Gasteiger partial charge in [-0.05, 0) is 49.6 Å². The van der Waals surface area contributed by atoms with Crippen LogP contribution in [0.2, 0.25) is 0 Å². The third kappa shape index (κ3) is 5.43. The monoisotopic (exact) mass is 440 g/mol. The van der Waals surface area contributed by atoms with Crippen LogP contribution in [0.3, 0.4) is 0 Å². The van der Waals surface area contributed by atoms with Crippen molar-refractivity contribution in [3.05, 3.63) is 59.7 Å². The maximum absolute atomic E-state index is 13.3. The Kier molecular flexibility index (Phi) is 7.54. The molecule has 2 heterocycles. The van der Waals surface area contributed by atoms with E-state index in [-0.39, 0.29) is 5.91 Å². The highest BCUT2D eigenvalue weighted by Crippen LogP contribution is 2.29. The molecular weight excluding hydrogens is 408 g/mol. The SMILES string of the molecule is COc1cccc(C(C)N2CCN(C(=O)c3ccccc3SCC3CCCO3)CC2)c1. The molecule has 6 heteroatoms. The molecule has 2 saturated heterocycles. The van der Waals surface area contributed by atoms with Crippen LogP contribution in [0, 0.1) is 0 Å². The molecule has 0 spiro atoms. The summed E-state index contributed by atoms with van der Waals surface area (Å²) in [5, 5.41) is 0. The van der Waals surface area contributed by atoms with Crippen LogP contribution in [0.4, 0.5) is 0 Å². The Balaban J connectivity index is 1.36. The molecule has 4 rings (SSSR count). The normalized spacial score (nSPS) is 20.6. The number of rotatable bonds is 7. The average molecular weight is 441 g/mol. The molecule has 0 N–H and O–H groups in total. The summed E-state index contributed by atoms with van der Waals surface area (Å²) in [6.07, 6.45) is 2.58. The van der Waals surface area contributed by atoms with Crippen LogP contribution in [-0.2, 0) is 4.74 Å². The third-order valence-corrected chi connectivity index (χ3v) is 7.50. The molecule has 2 unspecified atom stereocenters. The van der Waals surface area contributed by atoms with Gasteiger partial charge in [-0.15, -0.1) is 11.8 Å². The highest BCUT2D eigenvalue weighted by Gasteiger charge is 2.27. The van der Waals surface area contributed by atoms with E-state index >= 15 is 0 Å². The van der Waals surface area contributed by atoms with Crippen LogP contribution in [0.25, 0.3) is 0 Å². The van der Waals surface area contributed by atoms with Gasteiger partial charge in [0.25, 0.3) is 5.91 Å². The van der Waals surface area contributed by atoms with Crippen LogP contribution >= 0.6 is 11.8 Å². The maximum Gasteiger partial charge on any atom is 0.255 e. The first kappa shape index (κ1) is 22.2. The van der Waals surface area contributed by atoms with Gasteiger partial charge in [-0.1, -0.05) is 24.3 Å². The Labute approximate surface area is 189 Å². The van der Waals surface area contributed by atoms with E-state index in [0.29, 0.717) is 12.1 Å². The Morgan fingerprint density at radius 3 is 2.71 bits per heavy atom. The van der Waals surface area contributed by atoms with Crippen LogP contribution in [0.15, 0.2) is 53.4 Å². The highest BCUT2D eigenvalue weighted by atomic mass is 32.2. The summed E-state index contributed by atoms with van der Waals surface area (Å²) in [4.78, 5) is 18.8. The largest absolute Gasteiger partial charge is 0.497 e. The minimum absolute atomic E-state index is 0.143. The summed E-state index contributed by atoms with van der Waals surface area (Å²) in [6, 6.07) is 16.6. The topological polar surface area (TPSA) is 42.0 Å². The molecule has 2 fully saturated rings. The van der Waals surface area contributed by atoms with Crippen molar-refractivity contribution in [2.75, 3.05) is 45.6 Å². The number of piperazine rings is 1. The third-order valence-electron chi connectivity index (χ3n) is 6.29. The molecule has 5 nitrogen and oxygen atoms in total. The zero-order chi connectivity index (χ0) is 21.6. The second kappa shape index (κ2) is 10.5. The van der Waals surface area contributed by atoms with Crippen molar-refractivity contribution in [2.45, 2.75) is 36.8 Å². The van der Waals surface area contributed by atoms with Crippen LogP contribution in [-0.4, -0.2) is 67.5 Å². The van der Waals surface area contributed by atoms with E-state index in [1.165, 1.54) is 5.56 Å². The first-order valence-corrected chi connectivity index (χ1v) is 12.1. The lowest BCUT2D eigenvalue weighted by Crippen LogP contribution is -2.49. The van der Waals surface area contributed by atoms with E-state index in [9.17, 15) is 4.79 Å². The van der Waals surface area contributed by atoms with Gasteiger partial charge in [0.1, 0.15) is 5.75 Å². The number of nitrogens with zero attached hydrogens (tertiary/aromatic N) is 2. The Morgan fingerprint density at radius 2 is 1.97 bits per heavy atom. The van der Waals surface area contributed by atoms with Crippen molar-refractivity contribution < 1.29 is 14.3 Å². The zero-order valence-corrected chi connectivity index (χ0v) is 19.3. The molecule has 2 aliphatic heterocycles. The van der Waals surface area contributed by atoms with E-state index in [4.69, 9.17) is 9.47 Å². The van der Waals surface area contributed by atoms with Gasteiger partial charge in [0, 0.05) is 49.5 Å². The number of ether oxygens (including phenoxy) is 2. The van der Waals surface area contributed by atoms with Gasteiger partial charge in [-0.2, -0.15) is 0 Å². The van der Waals surface area contributed by atoms with Gasteiger partial charge in [0.2, 0.25) is 0 Å². The number of carbonyl (C=O) groups excluding carboxylic acids is 1. The predicted octanol–water partition coefficient (Wildman–Crippen LogP) is 4.49. The highest BCUT2D eigenvalue weighted by molar-refractivity contribution is 7.99. The summed E-state index contributed by atoms with van der Waals surface area (Å²) in [6.45, 7) is 6.33. The fourth-order valence-electron chi connectivity index (χ4n) is 4.32. The zero-order valence-electron chi connectivity index (χ0n) is 18.5. The molecule has 2 atom stereocenters.